The number of hydrogen-bond donors (Lipinski definition) is 1. The molecule has 5 heteroatoms. The summed E-state index contributed by atoms with van der Waals surface area (Å²) in [6.45, 7) is 17.0. The summed E-state index contributed by atoms with van der Waals surface area (Å²) in [6, 6.07) is 0. The first kappa shape index (κ1) is 25.6. The molecule has 0 aliphatic carbocycles. The van der Waals surface area contributed by atoms with Crippen LogP contribution < -0.4 is 5.73 Å². The number of allylic oxidation sites excluding steroid dienone is 4. The molecular weight excluding hydrogens is 294 g/mol. The van der Waals surface area contributed by atoms with Crippen LogP contribution in [0.2, 0.25) is 0 Å². The van der Waals surface area contributed by atoms with Crippen molar-refractivity contribution in [3.63, 3.8) is 0 Å². The minimum absolute atomic E-state index is 0.0738. The Morgan fingerprint density at radius 2 is 1.83 bits per heavy atom. The molecule has 0 aromatic carbocycles. The van der Waals surface area contributed by atoms with Gasteiger partial charge in [0.2, 0.25) is 0 Å². The summed E-state index contributed by atoms with van der Waals surface area (Å²) in [5.41, 5.74) is 7.87. The van der Waals surface area contributed by atoms with Crippen LogP contribution in [0.25, 0.3) is 0 Å². The Morgan fingerprint density at radius 1 is 1.26 bits per heavy atom. The van der Waals surface area contributed by atoms with Crippen molar-refractivity contribution in [2.75, 3.05) is 13.2 Å². The van der Waals surface area contributed by atoms with Gasteiger partial charge >= 0.3 is 5.97 Å². The maximum atomic E-state index is 10.6. The van der Waals surface area contributed by atoms with Gasteiger partial charge in [0.1, 0.15) is 13.2 Å². The quantitative estimate of drug-likeness (QED) is 0.242. The molecule has 0 radical (unpaired) electrons. The van der Waals surface area contributed by atoms with Crippen molar-refractivity contribution in [3.8, 4) is 0 Å². The third-order valence-corrected chi connectivity index (χ3v) is 2.21. The second-order valence-electron chi connectivity index (χ2n) is 3.95. The lowest BCUT2D eigenvalue weighted by molar-refractivity contribution is -0.143. The SMILES string of the molecule is C=C(C)C(=O)OCCOC=O.C=C/C(=C\C(N)=C/C)CC.CC. The molecular formula is C18H31NO4. The van der Waals surface area contributed by atoms with Crippen LogP contribution in [0.15, 0.2) is 48.2 Å². The Labute approximate surface area is 140 Å². The number of ether oxygens (including phenoxy) is 2. The van der Waals surface area contributed by atoms with Gasteiger partial charge in [0.05, 0.1) is 0 Å². The van der Waals surface area contributed by atoms with E-state index < -0.39 is 5.97 Å². The van der Waals surface area contributed by atoms with E-state index in [0.717, 1.165) is 12.1 Å². The summed E-state index contributed by atoms with van der Waals surface area (Å²) in [7, 11) is 0. The smallest absolute Gasteiger partial charge is 0.333 e. The Hall–Kier alpha value is -2.30. The molecule has 0 saturated carbocycles. The number of esters is 1. The van der Waals surface area contributed by atoms with Gasteiger partial charge in [0.15, 0.2) is 0 Å². The van der Waals surface area contributed by atoms with Crippen LogP contribution in [0.4, 0.5) is 0 Å². The number of carbonyl (C=O) groups is 2. The van der Waals surface area contributed by atoms with Gasteiger partial charge < -0.3 is 15.2 Å². The first-order valence-electron chi connectivity index (χ1n) is 7.55. The molecule has 0 aliphatic heterocycles. The average Bonchev–Trinajstić information content (AvgIpc) is 2.58. The lowest BCUT2D eigenvalue weighted by Gasteiger charge is -2.01. The average molecular weight is 325 g/mol. The molecule has 0 saturated heterocycles. The van der Waals surface area contributed by atoms with E-state index in [1.807, 2.05) is 39.0 Å². The fraction of sp³-hybridized carbons (Fsp3) is 0.444. The molecule has 5 nitrogen and oxygen atoms in total. The first-order chi connectivity index (χ1) is 10.9. The molecule has 0 aromatic heterocycles. The molecule has 0 heterocycles. The molecule has 2 N–H and O–H groups in total. The van der Waals surface area contributed by atoms with Crippen LogP contribution in [-0.2, 0) is 19.1 Å². The van der Waals surface area contributed by atoms with E-state index in [-0.39, 0.29) is 13.2 Å². The minimum Gasteiger partial charge on any atom is -0.464 e. The summed E-state index contributed by atoms with van der Waals surface area (Å²) in [5.74, 6) is -0.473. The Bertz CT molecular complexity index is 409. The van der Waals surface area contributed by atoms with Crippen LogP contribution in [0.5, 0.6) is 0 Å². The highest BCUT2D eigenvalue weighted by atomic mass is 16.6. The van der Waals surface area contributed by atoms with Crippen molar-refractivity contribution in [1.82, 2.24) is 0 Å². The summed E-state index contributed by atoms with van der Waals surface area (Å²) in [5, 5.41) is 0. The molecule has 0 aromatic rings. The maximum absolute atomic E-state index is 10.6. The largest absolute Gasteiger partial charge is 0.464 e. The maximum Gasteiger partial charge on any atom is 0.333 e. The van der Waals surface area contributed by atoms with Gasteiger partial charge in [-0.25, -0.2) is 4.79 Å². The normalized spacial score (nSPS) is 10.1. The highest BCUT2D eigenvalue weighted by Gasteiger charge is 2.01. The molecule has 23 heavy (non-hydrogen) atoms. The summed E-state index contributed by atoms with van der Waals surface area (Å²) in [4.78, 5) is 20.2. The van der Waals surface area contributed by atoms with Gasteiger partial charge in [-0.1, -0.05) is 46.1 Å². The summed E-state index contributed by atoms with van der Waals surface area (Å²) < 4.78 is 8.86. The van der Waals surface area contributed by atoms with Gasteiger partial charge in [-0.05, 0) is 31.9 Å². The monoisotopic (exact) mass is 325 g/mol. The molecule has 0 fully saturated rings. The van der Waals surface area contributed by atoms with E-state index in [4.69, 9.17) is 5.73 Å². The number of nitrogens with two attached hydrogens (primary N) is 1. The fourth-order valence-corrected chi connectivity index (χ4v) is 0.957. The zero-order valence-corrected chi connectivity index (χ0v) is 15.1. The minimum atomic E-state index is -0.473. The second-order valence-corrected chi connectivity index (χ2v) is 3.95. The van der Waals surface area contributed by atoms with Crippen molar-refractivity contribution >= 4 is 12.4 Å². The highest BCUT2D eigenvalue weighted by Crippen LogP contribution is 2.03. The first-order valence-corrected chi connectivity index (χ1v) is 7.55. The van der Waals surface area contributed by atoms with Crippen LogP contribution >= 0.6 is 0 Å². The van der Waals surface area contributed by atoms with Crippen molar-refractivity contribution in [2.45, 2.75) is 41.0 Å². The number of rotatable bonds is 8. The van der Waals surface area contributed by atoms with Crippen molar-refractivity contribution < 1.29 is 19.1 Å². The topological polar surface area (TPSA) is 78.6 Å². The highest BCUT2D eigenvalue weighted by molar-refractivity contribution is 5.86. The lowest BCUT2D eigenvalue weighted by Crippen LogP contribution is -2.10. The van der Waals surface area contributed by atoms with E-state index in [1.54, 1.807) is 6.92 Å². The molecule has 0 atom stereocenters. The van der Waals surface area contributed by atoms with Crippen LogP contribution in [0.1, 0.15) is 41.0 Å². The van der Waals surface area contributed by atoms with Crippen LogP contribution in [-0.4, -0.2) is 25.7 Å². The van der Waals surface area contributed by atoms with Gasteiger partial charge in [-0.15, -0.1) is 0 Å². The van der Waals surface area contributed by atoms with Crippen molar-refractivity contribution in [2.24, 2.45) is 5.73 Å². The Morgan fingerprint density at radius 3 is 2.17 bits per heavy atom. The zero-order valence-electron chi connectivity index (χ0n) is 15.1. The van der Waals surface area contributed by atoms with Crippen LogP contribution in [0, 0.1) is 0 Å². The zero-order chi connectivity index (χ0) is 18.7. The van der Waals surface area contributed by atoms with E-state index >= 15 is 0 Å². The van der Waals surface area contributed by atoms with E-state index in [0.29, 0.717) is 12.0 Å². The fourth-order valence-electron chi connectivity index (χ4n) is 0.957. The molecule has 0 amide bonds. The van der Waals surface area contributed by atoms with Crippen molar-refractivity contribution in [3.05, 3.63) is 48.2 Å². The molecule has 0 rings (SSSR count). The van der Waals surface area contributed by atoms with E-state index in [2.05, 4.69) is 29.6 Å². The number of carbonyl (C=O) groups excluding carboxylic acids is 2. The molecule has 0 spiro atoms. The predicted octanol–water partition coefficient (Wildman–Crippen LogP) is 3.68. The molecule has 0 aliphatic rings. The lowest BCUT2D eigenvalue weighted by atomic mass is 10.2. The Kier molecular flexibility index (Phi) is 22.0. The van der Waals surface area contributed by atoms with Gasteiger partial charge in [0, 0.05) is 11.3 Å². The summed E-state index contributed by atoms with van der Waals surface area (Å²) in [6.07, 6.45) is 6.63. The summed E-state index contributed by atoms with van der Waals surface area (Å²) >= 11 is 0. The number of hydrogen-bond acceptors (Lipinski definition) is 5. The standard InChI is InChI=1S/C9H15N.C7H10O4.C2H6/c1-4-8(5-2)7-9(10)6-3;1-6(2)7(9)11-4-3-10-5-8;1-2/h4,6-7H,1,5,10H2,2-3H3;5H,1,3-4H2,2H3;1-2H3/b8-7+,9-6+;;. The molecule has 0 bridgehead atoms. The van der Waals surface area contributed by atoms with Gasteiger partial charge in [-0.3, -0.25) is 4.79 Å². The predicted molar refractivity (Wildman–Crippen MR) is 95.7 cm³/mol. The van der Waals surface area contributed by atoms with Gasteiger partial charge in [0.25, 0.3) is 6.47 Å². The molecule has 132 valence electrons. The van der Waals surface area contributed by atoms with Crippen molar-refractivity contribution in [1.29, 1.82) is 0 Å². The second kappa shape index (κ2) is 19.7. The molecule has 0 unspecified atom stereocenters. The van der Waals surface area contributed by atoms with E-state index in [1.165, 1.54) is 5.57 Å². The van der Waals surface area contributed by atoms with E-state index in [9.17, 15) is 9.59 Å². The van der Waals surface area contributed by atoms with Gasteiger partial charge in [-0.2, -0.15) is 0 Å². The van der Waals surface area contributed by atoms with Crippen LogP contribution in [0.3, 0.4) is 0 Å². The third kappa shape index (κ3) is 19.7. The Balaban J connectivity index is -0.000000315. The third-order valence-electron chi connectivity index (χ3n) is 2.21.